The maximum absolute atomic E-state index is 12.8. The molecule has 3 rings (SSSR count). The van der Waals surface area contributed by atoms with Crippen molar-refractivity contribution in [3.63, 3.8) is 0 Å². The molecule has 1 atom stereocenters. The maximum Gasteiger partial charge on any atom is 0.257 e. The molecule has 6 heteroatoms. The van der Waals surface area contributed by atoms with E-state index in [9.17, 15) is 4.79 Å². The van der Waals surface area contributed by atoms with Gasteiger partial charge < -0.3 is 10.2 Å². The van der Waals surface area contributed by atoms with E-state index in [1.54, 1.807) is 6.20 Å². The van der Waals surface area contributed by atoms with Gasteiger partial charge in [0.25, 0.3) is 5.91 Å². The highest BCUT2D eigenvalue weighted by Gasteiger charge is 2.25. The van der Waals surface area contributed by atoms with Crippen LogP contribution in [0.3, 0.4) is 0 Å². The summed E-state index contributed by atoms with van der Waals surface area (Å²) in [5.41, 5.74) is 4.96. The summed E-state index contributed by atoms with van der Waals surface area (Å²) in [5, 5.41) is 7.84. The molecule has 0 unspecified atom stereocenters. The molecule has 0 aliphatic carbocycles. The van der Waals surface area contributed by atoms with Crippen LogP contribution in [0.5, 0.6) is 0 Å². The SMILES string of the molecule is Cc1ccc(C)c(-n2ncc(C(=O)N3CCN[C@H](C)C3)c2C)c1.Cl. The van der Waals surface area contributed by atoms with Gasteiger partial charge in [-0.15, -0.1) is 12.4 Å². The van der Waals surface area contributed by atoms with Crippen molar-refractivity contribution >= 4 is 18.3 Å². The first kappa shape index (κ1) is 18.5. The van der Waals surface area contributed by atoms with Crippen molar-refractivity contribution in [2.24, 2.45) is 0 Å². The lowest BCUT2D eigenvalue weighted by atomic mass is 10.1. The summed E-state index contributed by atoms with van der Waals surface area (Å²) >= 11 is 0. The van der Waals surface area contributed by atoms with Crippen molar-refractivity contribution in [3.05, 3.63) is 46.8 Å². The van der Waals surface area contributed by atoms with Crippen molar-refractivity contribution in [3.8, 4) is 5.69 Å². The van der Waals surface area contributed by atoms with E-state index in [2.05, 4.69) is 49.4 Å². The van der Waals surface area contributed by atoms with E-state index in [1.807, 2.05) is 16.5 Å². The first-order valence-electron chi connectivity index (χ1n) is 8.12. The van der Waals surface area contributed by atoms with E-state index in [1.165, 1.54) is 5.56 Å². The van der Waals surface area contributed by atoms with Crippen LogP contribution in [-0.2, 0) is 0 Å². The summed E-state index contributed by atoms with van der Waals surface area (Å²) in [6.07, 6.45) is 1.70. The molecule has 0 bridgehead atoms. The highest BCUT2D eigenvalue weighted by molar-refractivity contribution is 5.95. The van der Waals surface area contributed by atoms with Crippen LogP contribution in [0.2, 0.25) is 0 Å². The second kappa shape index (κ2) is 7.36. The molecule has 1 fully saturated rings. The van der Waals surface area contributed by atoms with Crippen molar-refractivity contribution in [2.45, 2.75) is 33.7 Å². The predicted molar refractivity (Wildman–Crippen MR) is 98.4 cm³/mol. The molecule has 1 aromatic carbocycles. The Kier molecular flexibility index (Phi) is 5.67. The number of rotatable bonds is 2. The molecule has 1 amide bonds. The van der Waals surface area contributed by atoms with Gasteiger partial charge in [0, 0.05) is 25.7 Å². The van der Waals surface area contributed by atoms with Gasteiger partial charge in [-0.25, -0.2) is 4.68 Å². The number of aryl methyl sites for hydroxylation is 2. The predicted octanol–water partition coefficient (Wildman–Crippen LogP) is 2.65. The lowest BCUT2D eigenvalue weighted by Gasteiger charge is -2.31. The maximum atomic E-state index is 12.8. The highest BCUT2D eigenvalue weighted by atomic mass is 35.5. The topological polar surface area (TPSA) is 50.2 Å². The van der Waals surface area contributed by atoms with Crippen molar-refractivity contribution in [2.75, 3.05) is 19.6 Å². The molecule has 2 heterocycles. The number of piperazine rings is 1. The third kappa shape index (κ3) is 3.47. The fourth-order valence-electron chi connectivity index (χ4n) is 3.10. The minimum Gasteiger partial charge on any atom is -0.336 e. The molecule has 1 aliphatic rings. The molecule has 5 nitrogen and oxygen atoms in total. The molecule has 24 heavy (non-hydrogen) atoms. The van der Waals surface area contributed by atoms with E-state index in [-0.39, 0.29) is 18.3 Å². The second-order valence-corrected chi connectivity index (χ2v) is 6.45. The van der Waals surface area contributed by atoms with E-state index < -0.39 is 0 Å². The van der Waals surface area contributed by atoms with Gasteiger partial charge in [0.1, 0.15) is 0 Å². The number of carbonyl (C=O) groups excluding carboxylic acids is 1. The average molecular weight is 349 g/mol. The Bertz CT molecular complexity index is 741. The van der Waals surface area contributed by atoms with Crippen LogP contribution in [0.4, 0.5) is 0 Å². The Balaban J connectivity index is 0.00000208. The van der Waals surface area contributed by atoms with Crippen LogP contribution in [0.1, 0.15) is 34.1 Å². The van der Waals surface area contributed by atoms with Gasteiger partial charge in [0.15, 0.2) is 0 Å². The van der Waals surface area contributed by atoms with E-state index in [4.69, 9.17) is 0 Å². The van der Waals surface area contributed by atoms with Crippen LogP contribution in [0, 0.1) is 20.8 Å². The lowest BCUT2D eigenvalue weighted by Crippen LogP contribution is -2.51. The van der Waals surface area contributed by atoms with E-state index >= 15 is 0 Å². The molecule has 1 N–H and O–H groups in total. The monoisotopic (exact) mass is 348 g/mol. The molecule has 0 spiro atoms. The third-order valence-corrected chi connectivity index (χ3v) is 4.49. The summed E-state index contributed by atoms with van der Waals surface area (Å²) in [7, 11) is 0. The number of aromatic nitrogens is 2. The Morgan fingerprint density at radius 1 is 1.29 bits per heavy atom. The molecule has 2 aromatic rings. The second-order valence-electron chi connectivity index (χ2n) is 6.45. The van der Waals surface area contributed by atoms with Gasteiger partial charge in [-0.1, -0.05) is 12.1 Å². The molecule has 1 aliphatic heterocycles. The molecule has 0 saturated carbocycles. The molecular weight excluding hydrogens is 324 g/mol. The van der Waals surface area contributed by atoms with Gasteiger partial charge in [-0.3, -0.25) is 4.79 Å². The highest BCUT2D eigenvalue weighted by Crippen LogP contribution is 2.20. The van der Waals surface area contributed by atoms with Crippen LogP contribution in [0.25, 0.3) is 5.69 Å². The van der Waals surface area contributed by atoms with Gasteiger partial charge >= 0.3 is 0 Å². The molecule has 1 saturated heterocycles. The zero-order valence-corrected chi connectivity index (χ0v) is 15.5. The normalized spacial score (nSPS) is 17.5. The number of halogens is 1. The number of nitrogens with one attached hydrogen (secondary N) is 1. The molecule has 0 radical (unpaired) electrons. The standard InChI is InChI=1S/C18H24N4O.ClH/c1-12-5-6-13(2)17(9-12)22-15(4)16(10-20-22)18(23)21-8-7-19-14(3)11-21;/h5-6,9-10,14,19H,7-8,11H2,1-4H3;1H/t14-;/m1./s1. The number of benzene rings is 1. The number of carbonyl (C=O) groups is 1. The number of hydrogen-bond acceptors (Lipinski definition) is 3. The average Bonchev–Trinajstić information content (AvgIpc) is 2.90. The molecule has 1 aromatic heterocycles. The number of hydrogen-bond donors (Lipinski definition) is 1. The summed E-state index contributed by atoms with van der Waals surface area (Å²) < 4.78 is 1.88. The Morgan fingerprint density at radius 2 is 2.04 bits per heavy atom. The number of nitrogens with zero attached hydrogens (tertiary/aromatic N) is 3. The summed E-state index contributed by atoms with van der Waals surface area (Å²) in [6, 6.07) is 6.62. The zero-order valence-electron chi connectivity index (χ0n) is 14.7. The van der Waals surface area contributed by atoms with Crippen LogP contribution < -0.4 is 5.32 Å². The van der Waals surface area contributed by atoms with E-state index in [0.29, 0.717) is 11.6 Å². The fourth-order valence-corrected chi connectivity index (χ4v) is 3.10. The van der Waals surface area contributed by atoms with Gasteiger partial charge in [0.05, 0.1) is 23.1 Å². The minimum atomic E-state index is 0. The van der Waals surface area contributed by atoms with E-state index in [0.717, 1.165) is 36.6 Å². The van der Waals surface area contributed by atoms with Crippen molar-refractivity contribution in [1.29, 1.82) is 0 Å². The Labute approximate surface area is 149 Å². The van der Waals surface area contributed by atoms with Crippen LogP contribution >= 0.6 is 12.4 Å². The fraction of sp³-hybridized carbons (Fsp3) is 0.444. The first-order valence-corrected chi connectivity index (χ1v) is 8.12. The van der Waals surface area contributed by atoms with Crippen LogP contribution in [0.15, 0.2) is 24.4 Å². The van der Waals surface area contributed by atoms with Crippen LogP contribution in [-0.4, -0.2) is 46.3 Å². The van der Waals surface area contributed by atoms with Crippen molar-refractivity contribution in [1.82, 2.24) is 20.0 Å². The number of amides is 1. The minimum absolute atomic E-state index is 0. The smallest absolute Gasteiger partial charge is 0.257 e. The largest absolute Gasteiger partial charge is 0.336 e. The lowest BCUT2D eigenvalue weighted by molar-refractivity contribution is 0.0708. The Morgan fingerprint density at radius 3 is 2.75 bits per heavy atom. The van der Waals surface area contributed by atoms with Gasteiger partial charge in [-0.05, 0) is 44.9 Å². The van der Waals surface area contributed by atoms with Gasteiger partial charge in [0.2, 0.25) is 0 Å². The summed E-state index contributed by atoms with van der Waals surface area (Å²) in [6.45, 7) is 10.5. The van der Waals surface area contributed by atoms with Gasteiger partial charge in [-0.2, -0.15) is 5.10 Å². The third-order valence-electron chi connectivity index (χ3n) is 4.49. The first-order chi connectivity index (χ1) is 11.0. The molecule has 130 valence electrons. The molecular formula is C18H25ClN4O. The summed E-state index contributed by atoms with van der Waals surface area (Å²) in [5.74, 6) is 0.0763. The zero-order chi connectivity index (χ0) is 16.6. The van der Waals surface area contributed by atoms with Crippen molar-refractivity contribution < 1.29 is 4.79 Å². The quantitative estimate of drug-likeness (QED) is 0.907. The Hall–Kier alpha value is -1.85. The summed E-state index contributed by atoms with van der Waals surface area (Å²) in [4.78, 5) is 14.7.